The van der Waals surface area contributed by atoms with E-state index in [-0.39, 0.29) is 5.56 Å². The van der Waals surface area contributed by atoms with E-state index < -0.39 is 11.7 Å². The van der Waals surface area contributed by atoms with Gasteiger partial charge < -0.3 is 9.72 Å². The van der Waals surface area contributed by atoms with Crippen molar-refractivity contribution in [1.29, 1.82) is 0 Å². The Balaban J connectivity index is 2.59. The van der Waals surface area contributed by atoms with Crippen molar-refractivity contribution in [2.45, 2.75) is 0 Å². The van der Waals surface area contributed by atoms with E-state index in [0.717, 1.165) is 0 Å². The number of pyridine rings is 1. The van der Waals surface area contributed by atoms with Crippen LogP contribution in [0, 0.1) is 0 Å². The third kappa shape index (κ3) is 2.20. The lowest BCUT2D eigenvalue weighted by Crippen LogP contribution is -2.12. The maximum Gasteiger partial charge on any atom is 0.345 e. The molecule has 2 rings (SSSR count). The molecule has 0 amide bonds. The summed E-state index contributed by atoms with van der Waals surface area (Å²) in [7, 11) is 1.29. The molecule has 0 saturated carbocycles. The van der Waals surface area contributed by atoms with Gasteiger partial charge in [0.15, 0.2) is 0 Å². The van der Waals surface area contributed by atoms with Crippen LogP contribution >= 0.6 is 0 Å². The second-order valence-corrected chi connectivity index (χ2v) is 3.18. The molecule has 0 spiro atoms. The Morgan fingerprint density at radius 3 is 2.82 bits per heavy atom. The number of hydrogen-bond donors (Lipinski definition) is 1. The van der Waals surface area contributed by atoms with Crippen molar-refractivity contribution in [2.24, 2.45) is 0 Å². The normalized spacial score (nSPS) is 9.94. The van der Waals surface area contributed by atoms with Crippen LogP contribution < -0.4 is 5.69 Å². The highest BCUT2D eigenvalue weighted by molar-refractivity contribution is 5.95. The van der Waals surface area contributed by atoms with E-state index in [0.29, 0.717) is 11.4 Å². The minimum atomic E-state index is -0.509. The van der Waals surface area contributed by atoms with E-state index in [4.69, 9.17) is 0 Å². The molecule has 0 fully saturated rings. The first-order valence-electron chi connectivity index (χ1n) is 4.81. The standard InChI is InChI=1S/C11H9N3O3/c1-17-10(15)7-3-2-5-12-9(7)8-4-6-13-11(16)14-8/h2-6H,1H3,(H,13,14,16). The Morgan fingerprint density at radius 2 is 2.12 bits per heavy atom. The van der Waals surface area contributed by atoms with Gasteiger partial charge in [0, 0.05) is 12.4 Å². The van der Waals surface area contributed by atoms with Gasteiger partial charge in [-0.1, -0.05) is 0 Å². The number of rotatable bonds is 2. The Kier molecular flexibility index (Phi) is 2.95. The van der Waals surface area contributed by atoms with Crippen LogP contribution in [0.4, 0.5) is 0 Å². The van der Waals surface area contributed by atoms with Gasteiger partial charge in [-0.25, -0.2) is 14.6 Å². The summed E-state index contributed by atoms with van der Waals surface area (Å²) < 4.78 is 4.64. The summed E-state index contributed by atoms with van der Waals surface area (Å²) in [5.74, 6) is -0.509. The molecule has 6 nitrogen and oxygen atoms in total. The number of nitrogens with zero attached hydrogens (tertiary/aromatic N) is 2. The van der Waals surface area contributed by atoms with Crippen molar-refractivity contribution < 1.29 is 9.53 Å². The molecule has 2 aromatic heterocycles. The van der Waals surface area contributed by atoms with Gasteiger partial charge in [0.25, 0.3) is 0 Å². The van der Waals surface area contributed by atoms with E-state index in [1.807, 2.05) is 0 Å². The molecular formula is C11H9N3O3. The molecule has 0 unspecified atom stereocenters. The summed E-state index contributed by atoms with van der Waals surface area (Å²) in [6.07, 6.45) is 2.88. The quantitative estimate of drug-likeness (QED) is 0.766. The SMILES string of the molecule is COC(=O)c1cccnc1-c1ccnc(=O)[nH]1. The first-order valence-corrected chi connectivity index (χ1v) is 4.81. The van der Waals surface area contributed by atoms with Crippen LogP contribution in [0.3, 0.4) is 0 Å². The summed E-state index contributed by atoms with van der Waals surface area (Å²) >= 11 is 0. The Morgan fingerprint density at radius 1 is 1.29 bits per heavy atom. The zero-order valence-corrected chi connectivity index (χ0v) is 9.01. The molecule has 0 aliphatic rings. The summed E-state index contributed by atoms with van der Waals surface area (Å²) in [6.45, 7) is 0. The van der Waals surface area contributed by atoms with Crippen LogP contribution in [-0.2, 0) is 4.74 Å². The van der Waals surface area contributed by atoms with Gasteiger partial charge in [-0.05, 0) is 18.2 Å². The predicted octanol–water partition coefficient (Wildman–Crippen LogP) is 0.618. The van der Waals surface area contributed by atoms with E-state index in [1.165, 1.54) is 19.5 Å². The number of ether oxygens (including phenoxy) is 1. The molecule has 0 aliphatic carbocycles. The maximum absolute atomic E-state index is 11.5. The Hall–Kier alpha value is -2.50. The molecule has 2 heterocycles. The van der Waals surface area contributed by atoms with Crippen molar-refractivity contribution >= 4 is 5.97 Å². The van der Waals surface area contributed by atoms with Crippen molar-refractivity contribution in [2.75, 3.05) is 7.11 Å². The molecule has 17 heavy (non-hydrogen) atoms. The van der Waals surface area contributed by atoms with Crippen molar-refractivity contribution in [3.8, 4) is 11.4 Å². The highest BCUT2D eigenvalue weighted by Gasteiger charge is 2.14. The van der Waals surface area contributed by atoms with E-state index in [9.17, 15) is 9.59 Å². The molecule has 0 saturated heterocycles. The highest BCUT2D eigenvalue weighted by Crippen LogP contribution is 2.17. The molecule has 1 N–H and O–H groups in total. The predicted molar refractivity (Wildman–Crippen MR) is 59.4 cm³/mol. The third-order valence-corrected chi connectivity index (χ3v) is 2.14. The van der Waals surface area contributed by atoms with Crippen molar-refractivity contribution in [3.05, 3.63) is 46.6 Å². The van der Waals surface area contributed by atoms with Gasteiger partial charge in [0.05, 0.1) is 18.4 Å². The number of nitrogens with one attached hydrogen (secondary N) is 1. The molecular weight excluding hydrogens is 222 g/mol. The molecule has 86 valence electrons. The fraction of sp³-hybridized carbons (Fsp3) is 0.0909. The number of carbonyl (C=O) groups excluding carboxylic acids is 1. The monoisotopic (exact) mass is 231 g/mol. The van der Waals surface area contributed by atoms with Crippen LogP contribution in [0.5, 0.6) is 0 Å². The summed E-state index contributed by atoms with van der Waals surface area (Å²) in [4.78, 5) is 32.7. The van der Waals surface area contributed by atoms with Crippen LogP contribution in [0.1, 0.15) is 10.4 Å². The fourth-order valence-electron chi connectivity index (χ4n) is 1.40. The lowest BCUT2D eigenvalue weighted by atomic mass is 10.1. The number of methoxy groups -OCH3 is 1. The number of hydrogen-bond acceptors (Lipinski definition) is 5. The molecule has 0 bridgehead atoms. The van der Waals surface area contributed by atoms with E-state index >= 15 is 0 Å². The average molecular weight is 231 g/mol. The van der Waals surface area contributed by atoms with Crippen LogP contribution in [0.15, 0.2) is 35.4 Å². The topological polar surface area (TPSA) is 84.9 Å². The number of H-pyrrole nitrogens is 1. The Bertz CT molecular complexity index is 607. The number of aromatic nitrogens is 3. The van der Waals surface area contributed by atoms with Crippen LogP contribution in [-0.4, -0.2) is 28.0 Å². The van der Waals surface area contributed by atoms with E-state index in [1.54, 1.807) is 18.2 Å². The molecule has 0 aliphatic heterocycles. The van der Waals surface area contributed by atoms with Crippen LogP contribution in [0.2, 0.25) is 0 Å². The molecule has 6 heteroatoms. The van der Waals surface area contributed by atoms with Gasteiger partial charge in [0.2, 0.25) is 0 Å². The molecule has 0 radical (unpaired) electrons. The van der Waals surface area contributed by atoms with Gasteiger partial charge in [-0.3, -0.25) is 4.98 Å². The van der Waals surface area contributed by atoms with Gasteiger partial charge in [-0.15, -0.1) is 0 Å². The zero-order valence-electron chi connectivity index (χ0n) is 9.01. The highest BCUT2D eigenvalue weighted by atomic mass is 16.5. The number of carbonyl (C=O) groups is 1. The van der Waals surface area contributed by atoms with E-state index in [2.05, 4.69) is 19.7 Å². The van der Waals surface area contributed by atoms with Crippen LogP contribution in [0.25, 0.3) is 11.4 Å². The zero-order chi connectivity index (χ0) is 12.3. The largest absolute Gasteiger partial charge is 0.465 e. The molecule has 2 aromatic rings. The minimum Gasteiger partial charge on any atom is -0.465 e. The van der Waals surface area contributed by atoms with Crippen molar-refractivity contribution in [1.82, 2.24) is 15.0 Å². The lowest BCUT2D eigenvalue weighted by molar-refractivity contribution is 0.0601. The number of esters is 1. The minimum absolute atomic E-state index is 0.289. The van der Waals surface area contributed by atoms with Crippen molar-refractivity contribution in [3.63, 3.8) is 0 Å². The maximum atomic E-state index is 11.5. The number of aromatic amines is 1. The molecule has 0 aromatic carbocycles. The Labute approximate surface area is 96.3 Å². The van der Waals surface area contributed by atoms with Gasteiger partial charge >= 0.3 is 11.7 Å². The van der Waals surface area contributed by atoms with Gasteiger partial charge in [-0.2, -0.15) is 0 Å². The third-order valence-electron chi connectivity index (χ3n) is 2.14. The first kappa shape index (κ1) is 11.0. The molecule has 0 atom stereocenters. The van der Waals surface area contributed by atoms with Gasteiger partial charge in [0.1, 0.15) is 5.69 Å². The lowest BCUT2D eigenvalue weighted by Gasteiger charge is -2.05. The summed E-state index contributed by atoms with van der Waals surface area (Å²) in [6, 6.07) is 4.76. The average Bonchev–Trinajstić information content (AvgIpc) is 2.38. The smallest absolute Gasteiger partial charge is 0.345 e. The summed E-state index contributed by atoms with van der Waals surface area (Å²) in [5, 5.41) is 0. The second-order valence-electron chi connectivity index (χ2n) is 3.18. The fourth-order valence-corrected chi connectivity index (χ4v) is 1.40. The summed E-state index contributed by atoms with van der Waals surface area (Å²) in [5.41, 5.74) is 0.575. The first-order chi connectivity index (χ1) is 8.22. The second kappa shape index (κ2) is 4.56.